The van der Waals surface area contributed by atoms with E-state index in [-0.39, 0.29) is 5.82 Å². The van der Waals surface area contributed by atoms with Gasteiger partial charge >= 0.3 is 0 Å². The van der Waals surface area contributed by atoms with E-state index in [1.54, 1.807) is 0 Å². The number of aromatic nitrogens is 4. The monoisotopic (exact) mass is 543 g/mol. The fourth-order valence-corrected chi connectivity index (χ4v) is 5.80. The lowest BCUT2D eigenvalue weighted by Gasteiger charge is -2.28. The maximum absolute atomic E-state index is 13.2. The van der Waals surface area contributed by atoms with Crippen LogP contribution in [0.15, 0.2) is 54.7 Å². The van der Waals surface area contributed by atoms with Crippen molar-refractivity contribution in [3.63, 3.8) is 0 Å². The Morgan fingerprint density at radius 3 is 2.48 bits per heavy atom. The van der Waals surface area contributed by atoms with E-state index in [2.05, 4.69) is 44.1 Å². The Morgan fingerprint density at radius 1 is 0.975 bits per heavy atom. The summed E-state index contributed by atoms with van der Waals surface area (Å²) in [7, 11) is 0. The molecule has 2 aromatic heterocycles. The molecule has 4 aromatic rings. The van der Waals surface area contributed by atoms with Crippen LogP contribution in [0.25, 0.3) is 22.3 Å². The number of hydrogen-bond acceptors (Lipinski definition) is 7. The van der Waals surface area contributed by atoms with Crippen LogP contribution in [0, 0.1) is 11.7 Å². The van der Waals surface area contributed by atoms with Crippen molar-refractivity contribution < 1.29 is 9.13 Å². The molecule has 6 rings (SSSR count). The highest BCUT2D eigenvalue weighted by Gasteiger charge is 2.22. The molecule has 2 aromatic carbocycles. The third kappa shape index (κ3) is 6.26. The molecule has 1 aliphatic carbocycles. The molecule has 1 saturated carbocycles. The lowest BCUT2D eigenvalue weighted by molar-refractivity contribution is 0.122. The van der Waals surface area contributed by atoms with Gasteiger partial charge in [0.2, 0.25) is 5.95 Å². The van der Waals surface area contributed by atoms with Crippen molar-refractivity contribution in [1.82, 2.24) is 19.7 Å². The molecule has 1 saturated heterocycles. The predicted molar refractivity (Wildman–Crippen MR) is 157 cm³/mol. The van der Waals surface area contributed by atoms with E-state index in [4.69, 9.17) is 20.6 Å². The first kappa shape index (κ1) is 26.7. The fourth-order valence-electron chi connectivity index (χ4n) is 5.80. The Kier molecular flexibility index (Phi) is 8.20. The molecule has 2 fully saturated rings. The highest BCUT2D eigenvalue weighted by molar-refractivity contribution is 5.91. The van der Waals surface area contributed by atoms with Gasteiger partial charge in [0, 0.05) is 49.7 Å². The Labute approximate surface area is 234 Å². The van der Waals surface area contributed by atoms with Crippen LogP contribution in [-0.2, 0) is 17.7 Å². The van der Waals surface area contributed by atoms with Gasteiger partial charge in [0.05, 0.1) is 18.6 Å². The number of aryl methyl sites for hydroxylation is 1. The first-order valence-electron chi connectivity index (χ1n) is 14.5. The smallest absolute Gasteiger partial charge is 0.224 e. The van der Waals surface area contributed by atoms with Crippen molar-refractivity contribution in [2.75, 3.05) is 43.1 Å². The number of halogens is 1. The maximum Gasteiger partial charge on any atom is 0.224 e. The molecule has 0 amide bonds. The summed E-state index contributed by atoms with van der Waals surface area (Å²) in [6.07, 6.45) is 8.02. The number of hydrogen-bond donors (Lipinski definition) is 2. The predicted octanol–water partition coefficient (Wildman–Crippen LogP) is 5.03. The molecular weight excluding hydrogens is 505 g/mol. The van der Waals surface area contributed by atoms with Crippen LogP contribution in [0.2, 0.25) is 0 Å². The van der Waals surface area contributed by atoms with Gasteiger partial charge in [0.25, 0.3) is 0 Å². The van der Waals surface area contributed by atoms with Gasteiger partial charge in [-0.15, -0.1) is 0 Å². The van der Waals surface area contributed by atoms with Crippen LogP contribution < -0.4 is 16.0 Å². The zero-order valence-corrected chi connectivity index (χ0v) is 22.9. The van der Waals surface area contributed by atoms with Gasteiger partial charge < -0.3 is 20.7 Å². The molecule has 0 atom stereocenters. The zero-order chi connectivity index (χ0) is 27.3. The molecule has 3 heterocycles. The summed E-state index contributed by atoms with van der Waals surface area (Å²) < 4.78 is 20.8. The number of morpholine rings is 1. The minimum atomic E-state index is -0.205. The minimum absolute atomic E-state index is 0.205. The second-order valence-corrected chi connectivity index (χ2v) is 11.0. The number of benzene rings is 2. The third-order valence-electron chi connectivity index (χ3n) is 8.17. The number of fused-ring (bicyclic) bond motifs is 1. The summed E-state index contributed by atoms with van der Waals surface area (Å²) in [6, 6.07) is 15.7. The molecule has 8 nitrogen and oxygen atoms in total. The molecule has 0 unspecified atom stereocenters. The van der Waals surface area contributed by atoms with Gasteiger partial charge in [-0.1, -0.05) is 24.3 Å². The molecule has 40 heavy (non-hydrogen) atoms. The van der Waals surface area contributed by atoms with Crippen LogP contribution >= 0.6 is 0 Å². The van der Waals surface area contributed by atoms with Crippen molar-refractivity contribution in [3.8, 4) is 11.3 Å². The molecule has 2 aliphatic rings. The van der Waals surface area contributed by atoms with E-state index in [1.807, 2.05) is 18.3 Å². The molecule has 1 aliphatic heterocycles. The quantitative estimate of drug-likeness (QED) is 0.286. The molecular formula is C31H38FN7O. The van der Waals surface area contributed by atoms with Crippen LogP contribution in [0.1, 0.15) is 37.7 Å². The summed E-state index contributed by atoms with van der Waals surface area (Å²) in [5, 5.41) is 9.43. The summed E-state index contributed by atoms with van der Waals surface area (Å²) in [5.74, 6) is 0.942. The van der Waals surface area contributed by atoms with E-state index in [9.17, 15) is 4.39 Å². The topological polar surface area (TPSA) is 94.1 Å². The number of nitrogens with two attached hydrogens (primary N) is 1. The van der Waals surface area contributed by atoms with E-state index in [0.717, 1.165) is 106 Å². The van der Waals surface area contributed by atoms with Gasteiger partial charge in [-0.3, -0.25) is 0 Å². The van der Waals surface area contributed by atoms with Crippen LogP contribution in [0.4, 0.5) is 16.0 Å². The van der Waals surface area contributed by atoms with Crippen molar-refractivity contribution in [3.05, 3.63) is 66.1 Å². The summed E-state index contributed by atoms with van der Waals surface area (Å²) in [4.78, 5) is 11.9. The Morgan fingerprint density at radius 2 is 1.73 bits per heavy atom. The van der Waals surface area contributed by atoms with Gasteiger partial charge in [-0.25, -0.2) is 14.1 Å². The number of anilines is 2. The first-order valence-corrected chi connectivity index (χ1v) is 14.5. The van der Waals surface area contributed by atoms with Crippen LogP contribution in [0.3, 0.4) is 0 Å². The average molecular weight is 544 g/mol. The average Bonchev–Trinajstić information content (AvgIpc) is 3.35. The van der Waals surface area contributed by atoms with E-state index < -0.39 is 0 Å². The van der Waals surface area contributed by atoms with E-state index in [1.165, 1.54) is 17.8 Å². The highest BCUT2D eigenvalue weighted by Crippen LogP contribution is 2.31. The highest BCUT2D eigenvalue weighted by atomic mass is 19.1. The zero-order valence-electron chi connectivity index (χ0n) is 22.9. The Hall–Kier alpha value is -3.56. The third-order valence-corrected chi connectivity index (χ3v) is 8.17. The first-order chi connectivity index (χ1) is 19.6. The molecule has 9 heteroatoms. The van der Waals surface area contributed by atoms with Crippen LogP contribution in [0.5, 0.6) is 0 Å². The van der Waals surface area contributed by atoms with Gasteiger partial charge in [0.1, 0.15) is 11.5 Å². The van der Waals surface area contributed by atoms with Crippen molar-refractivity contribution >= 4 is 22.7 Å². The van der Waals surface area contributed by atoms with Crippen molar-refractivity contribution in [1.29, 1.82) is 0 Å². The molecule has 0 radical (unpaired) electrons. The van der Waals surface area contributed by atoms with E-state index in [0.29, 0.717) is 17.9 Å². The molecule has 3 N–H and O–H groups in total. The van der Waals surface area contributed by atoms with Gasteiger partial charge in [0.15, 0.2) is 5.65 Å². The Bertz CT molecular complexity index is 1390. The lowest BCUT2D eigenvalue weighted by Crippen LogP contribution is -2.36. The SMILES string of the molecule is N[C@H]1CC[C@H](Cn2nc(-c3ccc(N4CCOCC4)cc3)c3cnc(NCCCc4ccc(F)cc4)nc32)CC1. The summed E-state index contributed by atoms with van der Waals surface area (Å²) >= 11 is 0. The second-order valence-electron chi connectivity index (χ2n) is 11.0. The minimum Gasteiger partial charge on any atom is -0.378 e. The van der Waals surface area contributed by atoms with Gasteiger partial charge in [-0.2, -0.15) is 10.1 Å². The van der Waals surface area contributed by atoms with Crippen LogP contribution in [-0.4, -0.2) is 58.6 Å². The standard InChI is InChI=1S/C31H38FN7O/c32-25-9-3-22(4-10-25)2-1-15-34-31-35-20-28-29(24-7-13-27(14-8-24)38-16-18-40-19-17-38)37-39(30(28)36-31)21-23-5-11-26(33)12-6-23/h3-4,7-10,13-14,20,23,26H,1-2,5-6,11-12,15-19,21,33H2,(H,34,35,36)/t23-,26-. The van der Waals surface area contributed by atoms with Crippen molar-refractivity contribution in [2.45, 2.75) is 51.1 Å². The molecule has 0 bridgehead atoms. The number of ether oxygens (including phenoxy) is 1. The van der Waals surface area contributed by atoms with Crippen molar-refractivity contribution in [2.24, 2.45) is 11.7 Å². The second kappa shape index (κ2) is 12.3. The lowest BCUT2D eigenvalue weighted by atomic mass is 9.86. The Balaban J connectivity index is 1.21. The normalized spacial score (nSPS) is 19.7. The fraction of sp³-hybridized carbons (Fsp3) is 0.452. The number of rotatable bonds is 9. The molecule has 210 valence electrons. The maximum atomic E-state index is 13.2. The largest absolute Gasteiger partial charge is 0.378 e. The molecule has 0 spiro atoms. The van der Waals surface area contributed by atoms with Gasteiger partial charge in [-0.05, 0) is 74.3 Å². The summed E-state index contributed by atoms with van der Waals surface area (Å²) in [5.41, 5.74) is 11.3. The van der Waals surface area contributed by atoms with E-state index >= 15 is 0 Å². The number of nitrogens with zero attached hydrogens (tertiary/aromatic N) is 5. The summed E-state index contributed by atoms with van der Waals surface area (Å²) in [6.45, 7) is 4.92. The number of nitrogens with one attached hydrogen (secondary N) is 1.